The maximum absolute atomic E-state index is 11.8. The second-order valence-corrected chi connectivity index (χ2v) is 7.48. The van der Waals surface area contributed by atoms with E-state index in [-0.39, 0.29) is 0 Å². The third-order valence-electron chi connectivity index (χ3n) is 2.37. The molecule has 25 heavy (non-hydrogen) atoms. The Morgan fingerprint density at radius 1 is 0.680 bits per heavy atom. The van der Waals surface area contributed by atoms with Crippen LogP contribution in [0.5, 0.6) is 0 Å². The Morgan fingerprint density at radius 2 is 0.960 bits per heavy atom. The molecule has 0 spiro atoms. The highest BCUT2D eigenvalue weighted by atomic mass is 16.6. The highest BCUT2D eigenvalue weighted by molar-refractivity contribution is 5.93. The van der Waals surface area contributed by atoms with Crippen LogP contribution in [0.2, 0.25) is 0 Å². The summed E-state index contributed by atoms with van der Waals surface area (Å²) in [6, 6.07) is -2.21. The molecular formula is C16H28N2O7. The van der Waals surface area contributed by atoms with Gasteiger partial charge in [-0.3, -0.25) is 0 Å². The van der Waals surface area contributed by atoms with E-state index >= 15 is 0 Å². The van der Waals surface area contributed by atoms with Crippen LogP contribution in [0, 0.1) is 0 Å². The molecule has 0 fully saturated rings. The van der Waals surface area contributed by atoms with Crippen molar-refractivity contribution in [3.8, 4) is 0 Å². The maximum Gasteiger partial charge on any atom is 0.408 e. The van der Waals surface area contributed by atoms with E-state index in [0.717, 1.165) is 0 Å². The van der Waals surface area contributed by atoms with Crippen LogP contribution in [0.25, 0.3) is 0 Å². The fraction of sp³-hybridized carbons (Fsp3) is 0.750. The molecule has 2 N–H and O–H groups in total. The Morgan fingerprint density at radius 3 is 1.20 bits per heavy atom. The number of esters is 2. The topological polar surface area (TPSA) is 120 Å². The van der Waals surface area contributed by atoms with Gasteiger partial charge in [0, 0.05) is 0 Å². The molecule has 0 saturated heterocycles. The molecule has 0 aliphatic rings. The molecule has 2 amide bonds. The molecule has 9 heteroatoms. The summed E-state index contributed by atoms with van der Waals surface area (Å²) in [5, 5.41) is 4.50. The van der Waals surface area contributed by atoms with E-state index < -0.39 is 47.4 Å². The fourth-order valence-corrected chi connectivity index (χ4v) is 1.36. The van der Waals surface area contributed by atoms with Gasteiger partial charge in [0.15, 0.2) is 0 Å². The van der Waals surface area contributed by atoms with Gasteiger partial charge in [-0.1, -0.05) is 0 Å². The largest absolute Gasteiger partial charge is 0.444 e. The highest BCUT2D eigenvalue weighted by Crippen LogP contribution is 2.08. The van der Waals surface area contributed by atoms with Crippen LogP contribution in [0.1, 0.15) is 55.4 Å². The summed E-state index contributed by atoms with van der Waals surface area (Å²) in [5.41, 5.74) is -1.45. The molecule has 2 atom stereocenters. The maximum atomic E-state index is 11.8. The van der Waals surface area contributed by atoms with Gasteiger partial charge in [0.05, 0.1) is 0 Å². The molecule has 0 heterocycles. The summed E-state index contributed by atoms with van der Waals surface area (Å²) in [6.45, 7) is 12.7. The first-order chi connectivity index (χ1) is 11.1. The molecule has 0 aromatic rings. The zero-order valence-electron chi connectivity index (χ0n) is 16.0. The number of carbonyl (C=O) groups excluding carboxylic acids is 4. The van der Waals surface area contributed by atoms with E-state index in [1.165, 1.54) is 13.8 Å². The molecule has 0 unspecified atom stereocenters. The molecule has 9 nitrogen and oxygen atoms in total. The van der Waals surface area contributed by atoms with Crippen molar-refractivity contribution >= 4 is 24.1 Å². The zero-order valence-corrected chi connectivity index (χ0v) is 16.0. The Hall–Kier alpha value is -2.32. The molecule has 0 bridgehead atoms. The molecule has 0 radical (unpaired) electrons. The van der Waals surface area contributed by atoms with E-state index in [2.05, 4.69) is 15.4 Å². The van der Waals surface area contributed by atoms with Crippen LogP contribution in [-0.4, -0.2) is 47.4 Å². The molecule has 0 aromatic heterocycles. The van der Waals surface area contributed by atoms with Gasteiger partial charge in [-0.15, -0.1) is 0 Å². The van der Waals surface area contributed by atoms with Crippen molar-refractivity contribution in [3.63, 3.8) is 0 Å². The number of ether oxygens (including phenoxy) is 3. The number of hydrogen-bond donors (Lipinski definition) is 2. The average Bonchev–Trinajstić information content (AvgIpc) is 2.33. The van der Waals surface area contributed by atoms with Crippen molar-refractivity contribution in [2.24, 2.45) is 0 Å². The van der Waals surface area contributed by atoms with Crippen molar-refractivity contribution in [2.75, 3.05) is 0 Å². The predicted molar refractivity (Wildman–Crippen MR) is 88.8 cm³/mol. The normalized spacial score (nSPS) is 13.9. The number of rotatable bonds is 4. The average molecular weight is 360 g/mol. The summed E-state index contributed by atoms with van der Waals surface area (Å²) in [6.07, 6.45) is -1.63. The molecule has 0 aliphatic heterocycles. The highest BCUT2D eigenvalue weighted by Gasteiger charge is 2.27. The van der Waals surface area contributed by atoms with Gasteiger partial charge in [0.1, 0.15) is 23.3 Å². The van der Waals surface area contributed by atoms with Gasteiger partial charge in [-0.05, 0) is 55.4 Å². The molecule has 0 aromatic carbocycles. The van der Waals surface area contributed by atoms with Crippen molar-refractivity contribution < 1.29 is 33.4 Å². The summed E-state index contributed by atoms with van der Waals surface area (Å²) in [4.78, 5) is 46.8. The van der Waals surface area contributed by atoms with Gasteiger partial charge in [0.25, 0.3) is 0 Å². The van der Waals surface area contributed by atoms with E-state index in [9.17, 15) is 19.2 Å². The lowest BCUT2D eigenvalue weighted by Gasteiger charge is -2.22. The molecule has 0 aliphatic carbocycles. The van der Waals surface area contributed by atoms with Gasteiger partial charge >= 0.3 is 24.1 Å². The minimum absolute atomic E-state index is 0.727. The second-order valence-electron chi connectivity index (χ2n) is 7.48. The van der Waals surface area contributed by atoms with Gasteiger partial charge in [-0.2, -0.15) is 0 Å². The minimum Gasteiger partial charge on any atom is -0.444 e. The van der Waals surface area contributed by atoms with E-state index in [0.29, 0.717) is 0 Å². The number of alkyl carbamates (subject to hydrolysis) is 2. The first-order valence-corrected chi connectivity index (χ1v) is 7.85. The number of carbonyl (C=O) groups is 4. The first-order valence-electron chi connectivity index (χ1n) is 7.85. The summed E-state index contributed by atoms with van der Waals surface area (Å²) in [5.74, 6) is -1.96. The van der Waals surface area contributed by atoms with E-state index in [1.54, 1.807) is 41.5 Å². The number of nitrogens with one attached hydrogen (secondary N) is 2. The zero-order chi connectivity index (χ0) is 20.0. The Kier molecular flexibility index (Phi) is 7.88. The van der Waals surface area contributed by atoms with Crippen molar-refractivity contribution in [1.29, 1.82) is 0 Å². The lowest BCUT2D eigenvalue weighted by atomic mass is 10.2. The number of hydrogen-bond acceptors (Lipinski definition) is 7. The Labute approximate surface area is 147 Å². The molecular weight excluding hydrogens is 332 g/mol. The monoisotopic (exact) mass is 360 g/mol. The summed E-state index contributed by atoms with van der Waals surface area (Å²) in [7, 11) is 0. The van der Waals surface area contributed by atoms with Crippen LogP contribution in [0.15, 0.2) is 0 Å². The molecule has 0 saturated carbocycles. The van der Waals surface area contributed by atoms with E-state index in [1.807, 2.05) is 0 Å². The Balaban J connectivity index is 4.46. The first kappa shape index (κ1) is 22.7. The van der Waals surface area contributed by atoms with Gasteiger partial charge in [-0.25, -0.2) is 19.2 Å². The van der Waals surface area contributed by atoms with Gasteiger partial charge in [0.2, 0.25) is 0 Å². The SMILES string of the molecule is C[C@@H](NC(=O)OC(C)(C)C)C(=O)OC(=O)[C@@H](C)NC(=O)OC(C)(C)C. The molecule has 0 rings (SSSR count). The van der Waals surface area contributed by atoms with Crippen LogP contribution < -0.4 is 10.6 Å². The van der Waals surface area contributed by atoms with Crippen LogP contribution in [0.4, 0.5) is 9.59 Å². The van der Waals surface area contributed by atoms with E-state index in [4.69, 9.17) is 9.47 Å². The number of amides is 2. The third-order valence-corrected chi connectivity index (χ3v) is 2.37. The summed E-state index contributed by atoms with van der Waals surface area (Å²) < 4.78 is 14.6. The predicted octanol–water partition coefficient (Wildman–Crippen LogP) is 1.88. The smallest absolute Gasteiger partial charge is 0.408 e. The summed E-state index contributed by atoms with van der Waals surface area (Å²) >= 11 is 0. The van der Waals surface area contributed by atoms with Crippen molar-refractivity contribution in [1.82, 2.24) is 10.6 Å². The van der Waals surface area contributed by atoms with Crippen molar-refractivity contribution in [2.45, 2.75) is 78.7 Å². The molecule has 144 valence electrons. The van der Waals surface area contributed by atoms with Crippen LogP contribution in [0.3, 0.4) is 0 Å². The van der Waals surface area contributed by atoms with Gasteiger partial charge < -0.3 is 24.8 Å². The Bertz CT molecular complexity index is 472. The second kappa shape index (κ2) is 8.68. The van der Waals surface area contributed by atoms with Crippen LogP contribution in [-0.2, 0) is 23.8 Å². The quantitative estimate of drug-likeness (QED) is 0.446. The standard InChI is InChI=1S/C16H28N2O7/c1-9(17-13(21)24-15(3,4)5)11(19)23-12(20)10(2)18-14(22)25-16(6,7)8/h9-10H,1-8H3,(H,17,21)(H,18,22)/t9-,10-/m1/s1. The lowest BCUT2D eigenvalue weighted by molar-refractivity contribution is -0.162. The third kappa shape index (κ3) is 11.0. The fourth-order valence-electron chi connectivity index (χ4n) is 1.36. The van der Waals surface area contributed by atoms with Crippen LogP contribution >= 0.6 is 0 Å². The minimum atomic E-state index is -1.10. The van der Waals surface area contributed by atoms with Crippen molar-refractivity contribution in [3.05, 3.63) is 0 Å². The lowest BCUT2D eigenvalue weighted by Crippen LogP contribution is -2.46.